The summed E-state index contributed by atoms with van der Waals surface area (Å²) >= 11 is 0. The minimum atomic E-state index is 0.00500. The minimum Gasteiger partial charge on any atom is -0.497 e. The fraction of sp³-hybridized carbons (Fsp3) is 0.429. The lowest BCUT2D eigenvalue weighted by atomic mass is 9.88. The van der Waals surface area contributed by atoms with E-state index >= 15 is 0 Å². The summed E-state index contributed by atoms with van der Waals surface area (Å²) in [6, 6.07) is 12.6. The van der Waals surface area contributed by atoms with Crippen molar-refractivity contribution in [3.8, 4) is 17.2 Å². The number of fused-ring (bicyclic) bond motifs is 1. The summed E-state index contributed by atoms with van der Waals surface area (Å²) in [6.07, 6.45) is 0.967. The Labute approximate surface area is 155 Å². The fourth-order valence-electron chi connectivity index (χ4n) is 3.79. The molecule has 5 heteroatoms. The monoisotopic (exact) mass is 356 g/mol. The maximum Gasteiger partial charge on any atom is 0.161 e. The smallest absolute Gasteiger partial charge is 0.161 e. The largest absolute Gasteiger partial charge is 0.497 e. The minimum absolute atomic E-state index is 0.00500. The Morgan fingerprint density at radius 3 is 2.27 bits per heavy atom. The standard InChI is InChI=1S/C21H28N2O3/c1-14(22)21-18-12-20(26-4)19(25-3)11-16(18)9-10-23(21)13-15-5-7-17(24-2)8-6-15/h5-8,11-12,14,21H,9-10,13,22H2,1-4H3/t14-,21+/m1/s1. The Hall–Kier alpha value is -2.24. The van der Waals surface area contributed by atoms with E-state index < -0.39 is 0 Å². The number of rotatable bonds is 6. The van der Waals surface area contributed by atoms with E-state index in [4.69, 9.17) is 19.9 Å². The van der Waals surface area contributed by atoms with Gasteiger partial charge >= 0.3 is 0 Å². The van der Waals surface area contributed by atoms with Crippen LogP contribution < -0.4 is 19.9 Å². The van der Waals surface area contributed by atoms with Gasteiger partial charge in [0.2, 0.25) is 0 Å². The third-order valence-electron chi connectivity index (χ3n) is 5.07. The van der Waals surface area contributed by atoms with E-state index in [2.05, 4.69) is 36.1 Å². The van der Waals surface area contributed by atoms with Gasteiger partial charge in [-0.15, -0.1) is 0 Å². The van der Waals surface area contributed by atoms with E-state index in [9.17, 15) is 0 Å². The summed E-state index contributed by atoms with van der Waals surface area (Å²) in [5, 5.41) is 0. The van der Waals surface area contributed by atoms with Crippen molar-refractivity contribution >= 4 is 0 Å². The lowest BCUT2D eigenvalue weighted by molar-refractivity contribution is 0.155. The second-order valence-corrected chi connectivity index (χ2v) is 6.78. The van der Waals surface area contributed by atoms with Gasteiger partial charge in [-0.2, -0.15) is 0 Å². The molecule has 2 aromatic rings. The molecule has 5 nitrogen and oxygen atoms in total. The predicted molar refractivity (Wildman–Crippen MR) is 103 cm³/mol. The highest BCUT2D eigenvalue weighted by Gasteiger charge is 2.31. The van der Waals surface area contributed by atoms with Gasteiger partial charge in [-0.25, -0.2) is 0 Å². The van der Waals surface area contributed by atoms with E-state index in [1.807, 2.05) is 12.1 Å². The number of nitrogens with two attached hydrogens (primary N) is 1. The highest BCUT2D eigenvalue weighted by molar-refractivity contribution is 5.50. The summed E-state index contributed by atoms with van der Waals surface area (Å²) in [5.41, 5.74) is 10.2. The zero-order valence-corrected chi connectivity index (χ0v) is 16.0. The maximum absolute atomic E-state index is 6.40. The van der Waals surface area contributed by atoms with E-state index in [1.54, 1.807) is 21.3 Å². The van der Waals surface area contributed by atoms with E-state index in [0.717, 1.165) is 36.8 Å². The van der Waals surface area contributed by atoms with Crippen LogP contribution in [0.15, 0.2) is 36.4 Å². The van der Waals surface area contributed by atoms with Crippen LogP contribution in [0.5, 0.6) is 17.2 Å². The molecular weight excluding hydrogens is 328 g/mol. The highest BCUT2D eigenvalue weighted by atomic mass is 16.5. The number of hydrogen-bond donors (Lipinski definition) is 1. The average Bonchev–Trinajstić information content (AvgIpc) is 2.66. The molecule has 3 rings (SSSR count). The molecule has 0 bridgehead atoms. The van der Waals surface area contributed by atoms with E-state index in [-0.39, 0.29) is 12.1 Å². The van der Waals surface area contributed by atoms with Gasteiger partial charge in [0.05, 0.1) is 27.4 Å². The van der Waals surface area contributed by atoms with Gasteiger partial charge in [-0.3, -0.25) is 4.90 Å². The Balaban J connectivity index is 1.91. The van der Waals surface area contributed by atoms with Gasteiger partial charge in [0.15, 0.2) is 11.5 Å². The van der Waals surface area contributed by atoms with Crippen molar-refractivity contribution in [1.29, 1.82) is 0 Å². The van der Waals surface area contributed by atoms with E-state index in [0.29, 0.717) is 0 Å². The first kappa shape index (κ1) is 18.5. The van der Waals surface area contributed by atoms with Crippen LogP contribution in [0.25, 0.3) is 0 Å². The summed E-state index contributed by atoms with van der Waals surface area (Å²) < 4.78 is 16.2. The summed E-state index contributed by atoms with van der Waals surface area (Å²) in [4.78, 5) is 2.45. The van der Waals surface area contributed by atoms with Crippen molar-refractivity contribution in [3.05, 3.63) is 53.1 Å². The Morgan fingerprint density at radius 1 is 1.04 bits per heavy atom. The molecule has 1 aliphatic rings. The molecule has 0 radical (unpaired) electrons. The fourth-order valence-corrected chi connectivity index (χ4v) is 3.79. The third kappa shape index (κ3) is 3.64. The average molecular weight is 356 g/mol. The molecule has 0 spiro atoms. The molecule has 140 valence electrons. The molecular formula is C21H28N2O3. The van der Waals surface area contributed by atoms with Crippen molar-refractivity contribution in [2.45, 2.75) is 32.0 Å². The molecule has 2 aromatic carbocycles. The summed E-state index contributed by atoms with van der Waals surface area (Å²) in [5.74, 6) is 2.40. The molecule has 0 aliphatic carbocycles. The molecule has 2 N–H and O–H groups in total. The van der Waals surface area contributed by atoms with Crippen LogP contribution in [0.3, 0.4) is 0 Å². The SMILES string of the molecule is COc1ccc(CN2CCc3cc(OC)c(OC)cc3[C@@H]2[C@@H](C)N)cc1. The van der Waals surface area contributed by atoms with Gasteiger partial charge < -0.3 is 19.9 Å². The maximum atomic E-state index is 6.40. The van der Waals surface area contributed by atoms with Gasteiger partial charge in [0.25, 0.3) is 0 Å². The first-order chi connectivity index (χ1) is 12.6. The number of ether oxygens (including phenoxy) is 3. The molecule has 0 saturated carbocycles. The van der Waals surface area contributed by atoms with Crippen LogP contribution in [-0.2, 0) is 13.0 Å². The Bertz CT molecular complexity index is 744. The Kier molecular flexibility index (Phi) is 5.69. The van der Waals surface area contributed by atoms with Crippen molar-refractivity contribution in [3.63, 3.8) is 0 Å². The molecule has 1 heterocycles. The molecule has 1 aliphatic heterocycles. The highest BCUT2D eigenvalue weighted by Crippen LogP contribution is 2.39. The first-order valence-corrected chi connectivity index (χ1v) is 8.94. The van der Waals surface area contributed by atoms with Crippen LogP contribution in [0.4, 0.5) is 0 Å². The lowest BCUT2D eigenvalue weighted by Gasteiger charge is -2.40. The second-order valence-electron chi connectivity index (χ2n) is 6.78. The molecule has 0 unspecified atom stereocenters. The van der Waals surface area contributed by atoms with Gasteiger partial charge in [0, 0.05) is 19.1 Å². The molecule has 0 amide bonds. The normalized spacial score (nSPS) is 18.1. The van der Waals surface area contributed by atoms with Gasteiger partial charge in [-0.05, 0) is 54.3 Å². The Morgan fingerprint density at radius 2 is 1.69 bits per heavy atom. The molecule has 0 aromatic heterocycles. The van der Waals surface area contributed by atoms with Crippen molar-refractivity contribution < 1.29 is 14.2 Å². The van der Waals surface area contributed by atoms with Crippen LogP contribution in [0.1, 0.15) is 29.7 Å². The molecule has 26 heavy (non-hydrogen) atoms. The van der Waals surface area contributed by atoms with Gasteiger partial charge in [0.1, 0.15) is 5.75 Å². The third-order valence-corrected chi connectivity index (χ3v) is 5.07. The van der Waals surface area contributed by atoms with Crippen LogP contribution >= 0.6 is 0 Å². The zero-order valence-electron chi connectivity index (χ0n) is 16.0. The molecule has 2 atom stereocenters. The summed E-state index contributed by atoms with van der Waals surface area (Å²) in [6.45, 7) is 3.88. The number of hydrogen-bond acceptors (Lipinski definition) is 5. The van der Waals surface area contributed by atoms with Crippen LogP contribution in [0.2, 0.25) is 0 Å². The number of nitrogens with zero attached hydrogens (tertiary/aromatic N) is 1. The van der Waals surface area contributed by atoms with Crippen molar-refractivity contribution in [2.24, 2.45) is 5.73 Å². The first-order valence-electron chi connectivity index (χ1n) is 8.94. The lowest BCUT2D eigenvalue weighted by Crippen LogP contribution is -2.43. The van der Waals surface area contributed by atoms with Crippen molar-refractivity contribution in [1.82, 2.24) is 4.90 Å². The number of benzene rings is 2. The number of methoxy groups -OCH3 is 3. The second kappa shape index (κ2) is 7.98. The molecule has 0 fully saturated rings. The molecule has 0 saturated heterocycles. The zero-order chi connectivity index (χ0) is 18.7. The quantitative estimate of drug-likeness (QED) is 0.862. The van der Waals surface area contributed by atoms with Crippen LogP contribution in [-0.4, -0.2) is 38.8 Å². The summed E-state index contributed by atoms with van der Waals surface area (Å²) in [7, 11) is 5.03. The van der Waals surface area contributed by atoms with E-state index in [1.165, 1.54) is 16.7 Å². The van der Waals surface area contributed by atoms with Crippen molar-refractivity contribution in [2.75, 3.05) is 27.9 Å². The van der Waals surface area contributed by atoms with Gasteiger partial charge in [-0.1, -0.05) is 12.1 Å². The topological polar surface area (TPSA) is 57.0 Å². The van der Waals surface area contributed by atoms with Crippen LogP contribution in [0, 0.1) is 0 Å². The predicted octanol–water partition coefficient (Wildman–Crippen LogP) is 3.16.